The first-order valence-corrected chi connectivity index (χ1v) is 9.86. The molecule has 1 atom stereocenters. The molecule has 6 nitrogen and oxygen atoms in total. The first-order valence-electron chi connectivity index (χ1n) is 9.86. The van der Waals surface area contributed by atoms with Gasteiger partial charge in [-0.15, -0.1) is 0 Å². The van der Waals surface area contributed by atoms with Gasteiger partial charge in [0.05, 0.1) is 19.6 Å². The summed E-state index contributed by atoms with van der Waals surface area (Å²) in [4.78, 5) is 29.2. The van der Waals surface area contributed by atoms with Gasteiger partial charge in [0.15, 0.2) is 0 Å². The largest absolute Gasteiger partial charge is 0.497 e. The molecular weight excluding hydrogens is 344 g/mol. The van der Waals surface area contributed by atoms with Crippen LogP contribution >= 0.6 is 0 Å². The van der Waals surface area contributed by atoms with Crippen molar-refractivity contribution in [3.63, 3.8) is 0 Å². The number of piperidine rings is 1. The molecule has 3 aliphatic heterocycles. The Morgan fingerprint density at radius 3 is 2.63 bits per heavy atom. The number of nitrogens with zero attached hydrogens (tertiary/aromatic N) is 2. The third-order valence-corrected chi connectivity index (χ3v) is 6.35. The van der Waals surface area contributed by atoms with Crippen molar-refractivity contribution in [2.75, 3.05) is 40.0 Å². The van der Waals surface area contributed by atoms with E-state index < -0.39 is 0 Å². The van der Waals surface area contributed by atoms with Crippen LogP contribution in [0.3, 0.4) is 0 Å². The average Bonchev–Trinajstić information content (AvgIpc) is 3.32. The topological polar surface area (TPSA) is 59.1 Å². The third kappa shape index (κ3) is 3.81. The minimum Gasteiger partial charge on any atom is -0.497 e. The van der Waals surface area contributed by atoms with Gasteiger partial charge in [-0.25, -0.2) is 0 Å². The summed E-state index contributed by atoms with van der Waals surface area (Å²) >= 11 is 0. The molecule has 1 spiro atoms. The highest BCUT2D eigenvalue weighted by atomic mass is 16.5. The van der Waals surface area contributed by atoms with E-state index in [9.17, 15) is 9.59 Å². The van der Waals surface area contributed by atoms with Crippen molar-refractivity contribution < 1.29 is 19.1 Å². The fourth-order valence-electron chi connectivity index (χ4n) is 4.60. The summed E-state index contributed by atoms with van der Waals surface area (Å²) in [5.41, 5.74) is 1.15. The van der Waals surface area contributed by atoms with Gasteiger partial charge < -0.3 is 19.3 Å². The molecule has 0 radical (unpaired) electrons. The first kappa shape index (κ1) is 18.3. The van der Waals surface area contributed by atoms with E-state index in [4.69, 9.17) is 9.47 Å². The molecule has 0 saturated carbocycles. The number of hydrogen-bond donors (Lipinski definition) is 0. The number of ether oxygens (including phenoxy) is 2. The quantitative estimate of drug-likeness (QED) is 0.812. The van der Waals surface area contributed by atoms with Crippen molar-refractivity contribution >= 4 is 11.8 Å². The van der Waals surface area contributed by atoms with Crippen LogP contribution in [0.2, 0.25) is 0 Å². The van der Waals surface area contributed by atoms with E-state index in [2.05, 4.69) is 0 Å². The highest BCUT2D eigenvalue weighted by molar-refractivity contribution is 5.81. The number of hydrogen-bond acceptors (Lipinski definition) is 4. The highest BCUT2D eigenvalue weighted by Gasteiger charge is 2.45. The van der Waals surface area contributed by atoms with Crippen LogP contribution in [0.15, 0.2) is 24.3 Å². The second-order valence-corrected chi connectivity index (χ2v) is 8.16. The fraction of sp³-hybridized carbons (Fsp3) is 0.619. The molecule has 3 heterocycles. The number of amides is 2. The standard InChI is InChI=1S/C21H28N2O4/c1-26-18-4-2-16(3-5-18)13-23-15-21(12-19(23)24)7-9-22(10-8-21)20(25)17-6-11-27-14-17/h2-5,17H,6-15H2,1H3. The van der Waals surface area contributed by atoms with Crippen molar-refractivity contribution in [3.05, 3.63) is 29.8 Å². The second kappa shape index (κ2) is 7.50. The number of rotatable bonds is 4. The highest BCUT2D eigenvalue weighted by Crippen LogP contribution is 2.42. The maximum Gasteiger partial charge on any atom is 0.228 e. The molecule has 3 aliphatic rings. The van der Waals surface area contributed by atoms with Crippen LogP contribution in [-0.2, 0) is 20.9 Å². The normalized spacial score (nSPS) is 24.6. The van der Waals surface area contributed by atoms with Gasteiger partial charge in [-0.1, -0.05) is 12.1 Å². The zero-order chi connectivity index (χ0) is 18.9. The summed E-state index contributed by atoms with van der Waals surface area (Å²) < 4.78 is 10.6. The van der Waals surface area contributed by atoms with E-state index in [0.29, 0.717) is 26.2 Å². The van der Waals surface area contributed by atoms with Crippen LogP contribution in [0.5, 0.6) is 5.75 Å². The smallest absolute Gasteiger partial charge is 0.228 e. The minimum absolute atomic E-state index is 0.0342. The number of likely N-dealkylation sites (tertiary alicyclic amines) is 2. The van der Waals surface area contributed by atoms with Crippen molar-refractivity contribution in [2.24, 2.45) is 11.3 Å². The molecule has 1 aromatic rings. The Kier molecular flexibility index (Phi) is 5.08. The lowest BCUT2D eigenvalue weighted by Crippen LogP contribution is -2.46. The number of benzene rings is 1. The van der Waals surface area contributed by atoms with Crippen LogP contribution in [0.4, 0.5) is 0 Å². The van der Waals surface area contributed by atoms with Gasteiger partial charge in [0.1, 0.15) is 5.75 Å². The fourth-order valence-corrected chi connectivity index (χ4v) is 4.60. The van der Waals surface area contributed by atoms with Crippen molar-refractivity contribution in [1.82, 2.24) is 9.80 Å². The van der Waals surface area contributed by atoms with E-state index in [1.807, 2.05) is 34.1 Å². The Morgan fingerprint density at radius 2 is 2.00 bits per heavy atom. The van der Waals surface area contributed by atoms with E-state index in [-0.39, 0.29) is 23.1 Å². The van der Waals surface area contributed by atoms with Gasteiger partial charge in [-0.2, -0.15) is 0 Å². The minimum atomic E-state index is 0.0342. The number of carbonyl (C=O) groups is 2. The Balaban J connectivity index is 1.33. The Bertz CT molecular complexity index is 689. The van der Waals surface area contributed by atoms with Crippen LogP contribution in [0, 0.1) is 11.3 Å². The molecule has 0 aromatic heterocycles. The van der Waals surface area contributed by atoms with Gasteiger partial charge in [-0.3, -0.25) is 9.59 Å². The van der Waals surface area contributed by atoms with E-state index in [1.54, 1.807) is 7.11 Å². The predicted octanol–water partition coefficient (Wildman–Crippen LogP) is 2.07. The van der Waals surface area contributed by atoms with Crippen LogP contribution < -0.4 is 4.74 Å². The Labute approximate surface area is 160 Å². The summed E-state index contributed by atoms with van der Waals surface area (Å²) in [6, 6.07) is 7.90. The van der Waals surface area contributed by atoms with Crippen LogP contribution in [0.1, 0.15) is 31.2 Å². The lowest BCUT2D eigenvalue weighted by atomic mass is 9.77. The number of methoxy groups -OCH3 is 1. The molecule has 2 amide bonds. The zero-order valence-electron chi connectivity index (χ0n) is 16.0. The Hall–Kier alpha value is -2.08. The zero-order valence-corrected chi connectivity index (χ0v) is 16.0. The molecule has 0 bridgehead atoms. The molecule has 3 fully saturated rings. The molecule has 146 valence electrons. The molecule has 0 N–H and O–H groups in total. The maximum absolute atomic E-state index is 12.6. The van der Waals surface area contributed by atoms with Gasteiger partial charge in [0.25, 0.3) is 0 Å². The lowest BCUT2D eigenvalue weighted by molar-refractivity contribution is -0.137. The van der Waals surface area contributed by atoms with Gasteiger partial charge in [0, 0.05) is 44.6 Å². The maximum atomic E-state index is 12.6. The van der Waals surface area contributed by atoms with Crippen LogP contribution in [0.25, 0.3) is 0 Å². The van der Waals surface area contributed by atoms with E-state index in [1.165, 1.54) is 0 Å². The van der Waals surface area contributed by atoms with E-state index in [0.717, 1.165) is 50.2 Å². The molecule has 0 aliphatic carbocycles. The van der Waals surface area contributed by atoms with Crippen LogP contribution in [-0.4, -0.2) is 61.6 Å². The first-order chi connectivity index (χ1) is 13.1. The van der Waals surface area contributed by atoms with Crippen molar-refractivity contribution in [3.8, 4) is 5.75 Å². The van der Waals surface area contributed by atoms with Gasteiger partial charge >= 0.3 is 0 Å². The van der Waals surface area contributed by atoms with E-state index >= 15 is 0 Å². The summed E-state index contributed by atoms with van der Waals surface area (Å²) in [5.74, 6) is 1.33. The third-order valence-electron chi connectivity index (χ3n) is 6.35. The molecule has 1 aromatic carbocycles. The Morgan fingerprint density at radius 1 is 1.26 bits per heavy atom. The molecular formula is C21H28N2O4. The monoisotopic (exact) mass is 372 g/mol. The van der Waals surface area contributed by atoms with Gasteiger partial charge in [0.2, 0.25) is 11.8 Å². The predicted molar refractivity (Wildman–Crippen MR) is 100 cm³/mol. The molecule has 6 heteroatoms. The summed E-state index contributed by atoms with van der Waals surface area (Å²) in [6.45, 7) is 4.23. The lowest BCUT2D eigenvalue weighted by Gasteiger charge is -2.39. The van der Waals surface area contributed by atoms with Crippen molar-refractivity contribution in [2.45, 2.75) is 32.2 Å². The summed E-state index contributed by atoms with van der Waals surface area (Å²) in [7, 11) is 1.65. The SMILES string of the molecule is COc1ccc(CN2CC3(CCN(C(=O)C4CCOC4)CC3)CC2=O)cc1. The van der Waals surface area contributed by atoms with Crippen molar-refractivity contribution in [1.29, 1.82) is 0 Å². The number of carbonyl (C=O) groups excluding carboxylic acids is 2. The molecule has 27 heavy (non-hydrogen) atoms. The second-order valence-electron chi connectivity index (χ2n) is 8.16. The molecule has 4 rings (SSSR count). The summed E-state index contributed by atoms with van der Waals surface area (Å²) in [6.07, 6.45) is 3.28. The molecule has 1 unspecified atom stereocenters. The van der Waals surface area contributed by atoms with Gasteiger partial charge in [-0.05, 0) is 37.0 Å². The average molecular weight is 372 g/mol. The summed E-state index contributed by atoms with van der Waals surface area (Å²) in [5, 5.41) is 0. The molecule has 3 saturated heterocycles.